The number of hydrogen-bond donors (Lipinski definition) is 0. The molecule has 2 atom stereocenters. The molecule has 33 heavy (non-hydrogen) atoms. The highest BCUT2D eigenvalue weighted by Gasteiger charge is 2.42. The van der Waals surface area contributed by atoms with Crippen LogP contribution in [-0.4, -0.2) is 33.5 Å². The Labute approximate surface area is 191 Å². The molecule has 3 heterocycles. The molecule has 0 bridgehead atoms. The number of imidazole rings is 1. The van der Waals surface area contributed by atoms with Crippen molar-refractivity contribution in [2.75, 3.05) is 7.11 Å². The van der Waals surface area contributed by atoms with Gasteiger partial charge < -0.3 is 14.2 Å². The molecule has 5 rings (SSSR count). The minimum absolute atomic E-state index is 0.0590. The summed E-state index contributed by atoms with van der Waals surface area (Å²) in [5.74, 6) is -1.17. The molecule has 2 aliphatic rings. The van der Waals surface area contributed by atoms with Crippen molar-refractivity contribution in [2.24, 2.45) is 0 Å². The molecule has 1 amide bonds. The van der Waals surface area contributed by atoms with Gasteiger partial charge >= 0.3 is 0 Å². The maximum Gasteiger partial charge on any atom is 0.250 e. The quantitative estimate of drug-likeness (QED) is 0.503. The Hall–Kier alpha value is -3.48. The molecule has 0 aliphatic carbocycles. The first kappa shape index (κ1) is 21.4. The van der Waals surface area contributed by atoms with Gasteiger partial charge in [0.2, 0.25) is 0 Å². The first-order chi connectivity index (χ1) is 16.0. The Balaban J connectivity index is 1.45. The molecule has 2 aliphatic heterocycles. The number of halogens is 2. The van der Waals surface area contributed by atoms with Crippen molar-refractivity contribution < 1.29 is 18.3 Å². The van der Waals surface area contributed by atoms with Gasteiger partial charge in [0.05, 0.1) is 30.9 Å². The molecular weight excluding hydrogens is 424 g/mol. The molecule has 2 aromatic carbocycles. The fourth-order valence-electron chi connectivity index (χ4n) is 5.04. The number of carbonyl (C=O) groups is 1. The fourth-order valence-corrected chi connectivity index (χ4v) is 5.04. The Morgan fingerprint density at radius 2 is 2.00 bits per heavy atom. The van der Waals surface area contributed by atoms with Gasteiger partial charge in [-0.1, -0.05) is 18.2 Å². The maximum atomic E-state index is 14.5. The van der Waals surface area contributed by atoms with Gasteiger partial charge in [-0.25, -0.2) is 13.8 Å². The van der Waals surface area contributed by atoms with Gasteiger partial charge in [-0.15, -0.1) is 0 Å². The number of methoxy groups -OCH3 is 1. The highest BCUT2D eigenvalue weighted by Crippen LogP contribution is 2.43. The average molecular weight is 450 g/mol. The number of benzene rings is 2. The lowest BCUT2D eigenvalue weighted by atomic mass is 9.95. The smallest absolute Gasteiger partial charge is 0.250 e. The van der Waals surface area contributed by atoms with Crippen molar-refractivity contribution in [2.45, 2.75) is 44.7 Å². The SMILES string of the molecule is COc1cc(C=C2CC[C@H]3CC[C@@H](c4cccc(F)c4F)N3C2=O)ccc1-n1cnc(C)c1. The second-order valence-electron chi connectivity index (χ2n) is 8.66. The Morgan fingerprint density at radius 3 is 2.76 bits per heavy atom. The first-order valence-corrected chi connectivity index (χ1v) is 11.1. The lowest BCUT2D eigenvalue weighted by Gasteiger charge is -2.35. The predicted octanol–water partition coefficient (Wildman–Crippen LogP) is 5.38. The lowest BCUT2D eigenvalue weighted by molar-refractivity contribution is -0.132. The zero-order valence-corrected chi connectivity index (χ0v) is 18.6. The van der Waals surface area contributed by atoms with Crippen molar-refractivity contribution in [1.82, 2.24) is 14.5 Å². The van der Waals surface area contributed by atoms with E-state index >= 15 is 0 Å². The molecule has 0 unspecified atom stereocenters. The Morgan fingerprint density at radius 1 is 1.15 bits per heavy atom. The van der Waals surface area contributed by atoms with Crippen LogP contribution in [-0.2, 0) is 4.79 Å². The van der Waals surface area contributed by atoms with Crippen LogP contribution in [0.15, 0.2) is 54.5 Å². The van der Waals surface area contributed by atoms with E-state index in [1.54, 1.807) is 24.4 Å². The van der Waals surface area contributed by atoms with E-state index in [1.807, 2.05) is 42.0 Å². The number of ether oxygens (including phenoxy) is 1. The van der Waals surface area contributed by atoms with Crippen molar-refractivity contribution >= 4 is 12.0 Å². The lowest BCUT2D eigenvalue weighted by Crippen LogP contribution is -2.42. The zero-order valence-electron chi connectivity index (χ0n) is 18.6. The van der Waals surface area contributed by atoms with Crippen LogP contribution in [0.1, 0.15) is 48.5 Å². The minimum Gasteiger partial charge on any atom is -0.495 e. The number of rotatable bonds is 4. The van der Waals surface area contributed by atoms with Gasteiger partial charge in [-0.2, -0.15) is 0 Å². The monoisotopic (exact) mass is 449 g/mol. The van der Waals surface area contributed by atoms with Crippen molar-refractivity contribution in [3.63, 3.8) is 0 Å². The van der Waals surface area contributed by atoms with Crippen molar-refractivity contribution in [3.05, 3.63) is 83.0 Å². The van der Waals surface area contributed by atoms with Gasteiger partial charge in [0.25, 0.3) is 5.91 Å². The van der Waals surface area contributed by atoms with Gasteiger partial charge in [0, 0.05) is 23.4 Å². The van der Waals surface area contributed by atoms with Crippen LogP contribution in [0, 0.1) is 18.6 Å². The number of nitrogens with zero attached hydrogens (tertiary/aromatic N) is 3. The van der Waals surface area contributed by atoms with Gasteiger partial charge in [0.15, 0.2) is 11.6 Å². The van der Waals surface area contributed by atoms with Crippen LogP contribution in [0.3, 0.4) is 0 Å². The first-order valence-electron chi connectivity index (χ1n) is 11.1. The molecule has 5 nitrogen and oxygen atoms in total. The molecule has 3 aromatic rings. The summed E-state index contributed by atoms with van der Waals surface area (Å²) in [7, 11) is 1.61. The molecule has 1 aromatic heterocycles. The number of carbonyl (C=O) groups excluding carboxylic acids is 1. The molecule has 7 heteroatoms. The van der Waals surface area contributed by atoms with E-state index in [0.717, 1.165) is 35.9 Å². The summed E-state index contributed by atoms with van der Waals surface area (Å²) in [6.45, 7) is 1.92. The van der Waals surface area contributed by atoms with Crippen LogP contribution in [0.4, 0.5) is 8.78 Å². The van der Waals surface area contributed by atoms with Crippen molar-refractivity contribution in [3.8, 4) is 11.4 Å². The number of piperidine rings is 1. The highest BCUT2D eigenvalue weighted by molar-refractivity contribution is 5.99. The number of aryl methyl sites for hydroxylation is 1. The maximum absolute atomic E-state index is 14.5. The molecule has 0 spiro atoms. The molecule has 2 saturated heterocycles. The van der Waals surface area contributed by atoms with E-state index in [1.165, 1.54) is 6.07 Å². The summed E-state index contributed by atoms with van der Waals surface area (Å²) in [6.07, 6.45) is 8.43. The van der Waals surface area contributed by atoms with Crippen LogP contribution in [0.2, 0.25) is 0 Å². The summed E-state index contributed by atoms with van der Waals surface area (Å²) in [4.78, 5) is 19.5. The number of fused-ring (bicyclic) bond motifs is 1. The van der Waals surface area contributed by atoms with E-state index in [9.17, 15) is 13.6 Å². The molecule has 0 N–H and O–H groups in total. The van der Waals surface area contributed by atoms with E-state index in [2.05, 4.69) is 4.98 Å². The Bertz CT molecular complexity index is 1250. The summed E-state index contributed by atoms with van der Waals surface area (Å²) < 4.78 is 35.8. The third-order valence-electron chi connectivity index (χ3n) is 6.63. The topological polar surface area (TPSA) is 47.4 Å². The molecule has 2 fully saturated rings. The van der Waals surface area contributed by atoms with Crippen LogP contribution in [0.25, 0.3) is 11.8 Å². The second-order valence-corrected chi connectivity index (χ2v) is 8.66. The van der Waals surface area contributed by atoms with Crippen LogP contribution >= 0.6 is 0 Å². The van der Waals surface area contributed by atoms with Gasteiger partial charge in [-0.3, -0.25) is 4.79 Å². The largest absolute Gasteiger partial charge is 0.495 e. The van der Waals surface area contributed by atoms with Crippen LogP contribution in [0.5, 0.6) is 5.75 Å². The summed E-state index contributed by atoms with van der Waals surface area (Å²) in [6, 6.07) is 9.57. The third kappa shape index (κ3) is 3.81. The minimum atomic E-state index is -0.878. The van der Waals surface area contributed by atoms with E-state index in [-0.39, 0.29) is 17.5 Å². The summed E-state index contributed by atoms with van der Waals surface area (Å²) in [5.41, 5.74) is 3.54. The second kappa shape index (κ2) is 8.46. The summed E-state index contributed by atoms with van der Waals surface area (Å²) >= 11 is 0. The molecule has 0 radical (unpaired) electrons. The number of hydrogen-bond acceptors (Lipinski definition) is 3. The van der Waals surface area contributed by atoms with Gasteiger partial charge in [0.1, 0.15) is 5.75 Å². The van der Waals surface area contributed by atoms with E-state index in [0.29, 0.717) is 24.2 Å². The molecular formula is C26H25F2N3O2. The molecule has 170 valence electrons. The van der Waals surface area contributed by atoms with E-state index in [4.69, 9.17) is 4.74 Å². The normalized spacial score (nSPS) is 21.5. The third-order valence-corrected chi connectivity index (χ3v) is 6.63. The average Bonchev–Trinajstić information content (AvgIpc) is 3.44. The van der Waals surface area contributed by atoms with Gasteiger partial charge in [-0.05, 0) is 62.4 Å². The molecule has 0 saturated carbocycles. The standard InChI is InChI=1S/C26H25F2N3O2/c1-16-14-30(15-29-16)23-10-6-17(13-24(23)33-2)12-18-7-8-19-9-11-22(31(19)26(18)32)20-4-3-5-21(27)25(20)28/h3-6,10,12-15,19,22H,7-9,11H2,1-2H3/t19-,22-/m0/s1. The number of amides is 1. The number of aromatic nitrogens is 2. The predicted molar refractivity (Wildman–Crippen MR) is 121 cm³/mol. The zero-order chi connectivity index (χ0) is 23.1. The summed E-state index contributed by atoms with van der Waals surface area (Å²) in [5, 5.41) is 0. The van der Waals surface area contributed by atoms with Crippen molar-refractivity contribution in [1.29, 1.82) is 0 Å². The van der Waals surface area contributed by atoms with Crippen LogP contribution < -0.4 is 4.74 Å². The van der Waals surface area contributed by atoms with E-state index < -0.39 is 17.7 Å². The fraction of sp³-hybridized carbons (Fsp3) is 0.308. The highest BCUT2D eigenvalue weighted by atomic mass is 19.2. The Kier molecular flexibility index (Phi) is 5.48.